The van der Waals surface area contributed by atoms with E-state index in [9.17, 15) is 4.79 Å². The van der Waals surface area contributed by atoms with Gasteiger partial charge in [-0.15, -0.1) is 0 Å². The predicted molar refractivity (Wildman–Crippen MR) is 103 cm³/mol. The van der Waals surface area contributed by atoms with Crippen LogP contribution in [0.25, 0.3) is 0 Å². The number of hydrogen-bond donors (Lipinski definition) is 1. The van der Waals surface area contributed by atoms with Gasteiger partial charge < -0.3 is 19.5 Å². The fourth-order valence-electron chi connectivity index (χ4n) is 2.59. The van der Waals surface area contributed by atoms with Gasteiger partial charge in [-0.1, -0.05) is 25.5 Å². The van der Waals surface area contributed by atoms with E-state index in [0.29, 0.717) is 36.6 Å². The van der Waals surface area contributed by atoms with Gasteiger partial charge in [0.2, 0.25) is 5.91 Å². The van der Waals surface area contributed by atoms with Crippen LogP contribution in [0.4, 0.5) is 5.69 Å². The third-order valence-electron chi connectivity index (χ3n) is 3.96. The molecule has 0 atom stereocenters. The first-order valence-electron chi connectivity index (χ1n) is 8.90. The molecule has 0 radical (unpaired) electrons. The Kier molecular flexibility index (Phi) is 7.80. The molecule has 0 spiro atoms. The van der Waals surface area contributed by atoms with Crippen LogP contribution in [0.3, 0.4) is 0 Å². The van der Waals surface area contributed by atoms with E-state index < -0.39 is 0 Å². The molecule has 0 saturated heterocycles. The average molecular weight is 357 g/mol. The molecule has 0 aliphatic rings. The Morgan fingerprint density at radius 3 is 2.38 bits per heavy atom. The molecule has 2 rings (SSSR count). The number of aryl methyl sites for hydroxylation is 1. The fourth-order valence-corrected chi connectivity index (χ4v) is 2.59. The van der Waals surface area contributed by atoms with Crippen LogP contribution in [0.15, 0.2) is 42.5 Å². The van der Waals surface area contributed by atoms with E-state index in [1.54, 1.807) is 32.4 Å². The standard InChI is InChI=1S/C21H27NO4/c1-4-6-16-8-10-17(11-9-16)26-14-5-7-21(23)22-19-15-18(24-2)12-13-20(19)25-3/h8-13,15H,4-7,14H2,1-3H3,(H,22,23). The predicted octanol–water partition coefficient (Wildman–Crippen LogP) is 4.45. The maximum absolute atomic E-state index is 12.1. The monoisotopic (exact) mass is 357 g/mol. The summed E-state index contributed by atoms with van der Waals surface area (Å²) in [6, 6.07) is 13.4. The van der Waals surface area contributed by atoms with Crippen LogP contribution in [-0.2, 0) is 11.2 Å². The summed E-state index contributed by atoms with van der Waals surface area (Å²) >= 11 is 0. The number of carbonyl (C=O) groups is 1. The number of carbonyl (C=O) groups excluding carboxylic acids is 1. The van der Waals surface area contributed by atoms with Crippen molar-refractivity contribution in [2.45, 2.75) is 32.6 Å². The van der Waals surface area contributed by atoms with E-state index in [0.717, 1.165) is 18.6 Å². The minimum absolute atomic E-state index is 0.0848. The summed E-state index contributed by atoms with van der Waals surface area (Å²) in [6.07, 6.45) is 3.21. The molecular formula is C21H27NO4. The molecule has 0 saturated carbocycles. The fraction of sp³-hybridized carbons (Fsp3) is 0.381. The van der Waals surface area contributed by atoms with Crippen molar-refractivity contribution in [2.75, 3.05) is 26.1 Å². The molecule has 2 aromatic carbocycles. The summed E-state index contributed by atoms with van der Waals surface area (Å²) < 4.78 is 16.1. The second kappa shape index (κ2) is 10.3. The Labute approximate surface area is 155 Å². The van der Waals surface area contributed by atoms with Crippen molar-refractivity contribution >= 4 is 11.6 Å². The summed E-state index contributed by atoms with van der Waals surface area (Å²) in [5.74, 6) is 2.01. The molecule has 5 heteroatoms. The zero-order chi connectivity index (χ0) is 18.8. The van der Waals surface area contributed by atoms with Crippen molar-refractivity contribution in [3.8, 4) is 17.2 Å². The Hall–Kier alpha value is -2.69. The van der Waals surface area contributed by atoms with Crippen molar-refractivity contribution in [1.29, 1.82) is 0 Å². The van der Waals surface area contributed by atoms with Crippen LogP contribution in [0.1, 0.15) is 31.7 Å². The second-order valence-corrected chi connectivity index (χ2v) is 5.96. The Bertz CT molecular complexity index is 698. The van der Waals surface area contributed by atoms with Crippen LogP contribution in [-0.4, -0.2) is 26.7 Å². The highest BCUT2D eigenvalue weighted by Gasteiger charge is 2.09. The molecule has 0 unspecified atom stereocenters. The minimum Gasteiger partial charge on any atom is -0.497 e. The maximum Gasteiger partial charge on any atom is 0.224 e. The molecule has 0 bridgehead atoms. The van der Waals surface area contributed by atoms with Crippen LogP contribution in [0.2, 0.25) is 0 Å². The van der Waals surface area contributed by atoms with Gasteiger partial charge in [0.05, 0.1) is 26.5 Å². The summed E-state index contributed by atoms with van der Waals surface area (Å²) in [5.41, 5.74) is 1.91. The molecule has 26 heavy (non-hydrogen) atoms. The van der Waals surface area contributed by atoms with Gasteiger partial charge in [0.25, 0.3) is 0 Å². The summed E-state index contributed by atoms with van der Waals surface area (Å²) in [5, 5.41) is 2.86. The molecule has 1 N–H and O–H groups in total. The highest BCUT2D eigenvalue weighted by atomic mass is 16.5. The first-order chi connectivity index (χ1) is 12.7. The van der Waals surface area contributed by atoms with Crippen LogP contribution in [0.5, 0.6) is 17.2 Å². The van der Waals surface area contributed by atoms with Gasteiger partial charge in [0, 0.05) is 12.5 Å². The molecule has 0 aromatic heterocycles. The van der Waals surface area contributed by atoms with E-state index in [-0.39, 0.29) is 5.91 Å². The van der Waals surface area contributed by atoms with Gasteiger partial charge in [-0.05, 0) is 42.7 Å². The Morgan fingerprint density at radius 2 is 1.73 bits per heavy atom. The lowest BCUT2D eigenvalue weighted by Crippen LogP contribution is -2.13. The number of rotatable bonds is 10. The van der Waals surface area contributed by atoms with Gasteiger partial charge in [0.1, 0.15) is 17.2 Å². The number of nitrogens with one attached hydrogen (secondary N) is 1. The largest absolute Gasteiger partial charge is 0.497 e. The SMILES string of the molecule is CCCc1ccc(OCCCC(=O)Nc2cc(OC)ccc2OC)cc1. The third-order valence-corrected chi connectivity index (χ3v) is 3.96. The first-order valence-corrected chi connectivity index (χ1v) is 8.90. The third kappa shape index (κ3) is 5.99. The molecule has 0 aliphatic heterocycles. The number of hydrogen-bond acceptors (Lipinski definition) is 4. The summed E-state index contributed by atoms with van der Waals surface area (Å²) in [4.78, 5) is 12.1. The Balaban J connectivity index is 1.77. The molecule has 0 aliphatic carbocycles. The second-order valence-electron chi connectivity index (χ2n) is 5.96. The van der Waals surface area contributed by atoms with Crippen molar-refractivity contribution in [1.82, 2.24) is 0 Å². The van der Waals surface area contributed by atoms with Gasteiger partial charge in [-0.3, -0.25) is 4.79 Å². The van der Waals surface area contributed by atoms with Crippen molar-refractivity contribution < 1.29 is 19.0 Å². The van der Waals surface area contributed by atoms with E-state index in [4.69, 9.17) is 14.2 Å². The maximum atomic E-state index is 12.1. The molecule has 1 amide bonds. The topological polar surface area (TPSA) is 56.8 Å². The lowest BCUT2D eigenvalue weighted by atomic mass is 10.1. The van der Waals surface area contributed by atoms with E-state index in [1.165, 1.54) is 5.56 Å². The lowest BCUT2D eigenvalue weighted by molar-refractivity contribution is -0.116. The van der Waals surface area contributed by atoms with Crippen molar-refractivity contribution in [2.24, 2.45) is 0 Å². The van der Waals surface area contributed by atoms with Crippen molar-refractivity contribution in [3.63, 3.8) is 0 Å². The van der Waals surface area contributed by atoms with Gasteiger partial charge in [-0.2, -0.15) is 0 Å². The van der Waals surface area contributed by atoms with Gasteiger partial charge in [-0.25, -0.2) is 0 Å². The van der Waals surface area contributed by atoms with Crippen LogP contribution < -0.4 is 19.5 Å². The summed E-state index contributed by atoms with van der Waals surface area (Å²) in [7, 11) is 3.15. The van der Waals surface area contributed by atoms with Crippen LogP contribution in [0, 0.1) is 0 Å². The molecule has 2 aromatic rings. The van der Waals surface area contributed by atoms with E-state index in [1.807, 2.05) is 12.1 Å². The normalized spacial score (nSPS) is 10.3. The number of amides is 1. The molecule has 0 fully saturated rings. The van der Waals surface area contributed by atoms with Gasteiger partial charge >= 0.3 is 0 Å². The number of anilines is 1. The molecule has 0 heterocycles. The highest BCUT2D eigenvalue weighted by Crippen LogP contribution is 2.29. The number of benzene rings is 2. The molecular weight excluding hydrogens is 330 g/mol. The smallest absolute Gasteiger partial charge is 0.224 e. The molecule has 140 valence electrons. The number of ether oxygens (including phenoxy) is 3. The quantitative estimate of drug-likeness (QED) is 0.638. The minimum atomic E-state index is -0.0848. The van der Waals surface area contributed by atoms with E-state index in [2.05, 4.69) is 24.4 Å². The Morgan fingerprint density at radius 1 is 1.00 bits per heavy atom. The first kappa shape index (κ1) is 19.6. The molecule has 5 nitrogen and oxygen atoms in total. The van der Waals surface area contributed by atoms with Crippen molar-refractivity contribution in [3.05, 3.63) is 48.0 Å². The number of methoxy groups -OCH3 is 2. The lowest BCUT2D eigenvalue weighted by Gasteiger charge is -2.12. The van der Waals surface area contributed by atoms with Crippen LogP contribution >= 0.6 is 0 Å². The summed E-state index contributed by atoms with van der Waals surface area (Å²) in [6.45, 7) is 2.66. The van der Waals surface area contributed by atoms with Gasteiger partial charge in [0.15, 0.2) is 0 Å². The average Bonchev–Trinajstić information content (AvgIpc) is 2.66. The zero-order valence-electron chi connectivity index (χ0n) is 15.7. The van der Waals surface area contributed by atoms with E-state index >= 15 is 0 Å². The highest BCUT2D eigenvalue weighted by molar-refractivity contribution is 5.92. The zero-order valence-corrected chi connectivity index (χ0v) is 15.7.